The minimum Gasteiger partial charge on any atom is -0.481 e. The molecule has 2 aliphatic rings. The van der Waals surface area contributed by atoms with E-state index in [4.69, 9.17) is 5.10 Å². The van der Waals surface area contributed by atoms with Crippen LogP contribution in [-0.4, -0.2) is 20.9 Å². The largest absolute Gasteiger partial charge is 0.481 e. The van der Waals surface area contributed by atoms with Gasteiger partial charge in [-0.3, -0.25) is 9.48 Å². The number of aryl methyl sites for hydroxylation is 1. The Hall–Kier alpha value is -2.35. The Morgan fingerprint density at radius 2 is 1.96 bits per heavy atom. The molecule has 2 aliphatic carbocycles. The molecule has 1 N–H and O–H groups in total. The van der Waals surface area contributed by atoms with Gasteiger partial charge in [0.05, 0.1) is 34.7 Å². The van der Waals surface area contributed by atoms with E-state index in [1.807, 2.05) is 0 Å². The number of aliphatic carboxylic acids is 1. The van der Waals surface area contributed by atoms with Crippen molar-refractivity contribution in [2.45, 2.75) is 82.6 Å². The Balaban J connectivity index is 1.74. The van der Waals surface area contributed by atoms with E-state index in [2.05, 4.69) is 35.9 Å². The fourth-order valence-electron chi connectivity index (χ4n) is 5.19. The maximum atomic E-state index is 11.3. The second-order valence-electron chi connectivity index (χ2n) is 8.58. The van der Waals surface area contributed by atoms with Crippen molar-refractivity contribution >= 4 is 16.9 Å². The summed E-state index contributed by atoms with van der Waals surface area (Å²) in [5, 5.41) is 25.5. The van der Waals surface area contributed by atoms with Gasteiger partial charge in [0.25, 0.3) is 0 Å². The highest BCUT2D eigenvalue weighted by molar-refractivity contribution is 5.83. The predicted molar refractivity (Wildman–Crippen MR) is 108 cm³/mol. The zero-order valence-electron chi connectivity index (χ0n) is 16.7. The Labute approximate surface area is 166 Å². The summed E-state index contributed by atoms with van der Waals surface area (Å²) in [6.07, 6.45) is 9.45. The average molecular weight is 380 g/mol. The molecule has 0 atom stereocenters. The SMILES string of the molecule is CCc1nn(C2CCCCC2)c2cc([C@]3(C#N)CC[C@@H](C(=O)O)CC3)ccc12. The second kappa shape index (κ2) is 7.58. The molecule has 0 bridgehead atoms. The zero-order chi connectivity index (χ0) is 19.7. The van der Waals surface area contributed by atoms with Crippen molar-refractivity contribution in [3.8, 4) is 6.07 Å². The summed E-state index contributed by atoms with van der Waals surface area (Å²) in [6.45, 7) is 2.14. The van der Waals surface area contributed by atoms with Crippen molar-refractivity contribution in [2.75, 3.05) is 0 Å². The summed E-state index contributed by atoms with van der Waals surface area (Å²) >= 11 is 0. The van der Waals surface area contributed by atoms with Crippen LogP contribution in [0.2, 0.25) is 0 Å². The molecule has 4 rings (SSSR count). The summed E-state index contributed by atoms with van der Waals surface area (Å²) in [6, 6.07) is 9.41. The lowest BCUT2D eigenvalue weighted by atomic mass is 9.67. The number of rotatable bonds is 4. The van der Waals surface area contributed by atoms with Gasteiger partial charge >= 0.3 is 5.97 Å². The standard InChI is InChI=1S/C23H29N3O2/c1-2-20-19-9-8-17(23(15-24)12-10-16(11-13-23)22(27)28)14-21(19)26(25-20)18-6-4-3-5-7-18/h8-9,14,16,18H,2-7,10-13H2,1H3,(H,27,28)/t16-,23-. The smallest absolute Gasteiger partial charge is 0.306 e. The number of nitrogens with zero attached hydrogens (tertiary/aromatic N) is 3. The van der Waals surface area contributed by atoms with Gasteiger partial charge in [-0.25, -0.2) is 0 Å². The molecule has 0 aliphatic heterocycles. The highest BCUT2D eigenvalue weighted by Crippen LogP contribution is 2.43. The fraction of sp³-hybridized carbons (Fsp3) is 0.609. The van der Waals surface area contributed by atoms with Crippen LogP contribution in [0.3, 0.4) is 0 Å². The first-order chi connectivity index (χ1) is 13.6. The summed E-state index contributed by atoms with van der Waals surface area (Å²) in [5.41, 5.74) is 2.74. The van der Waals surface area contributed by atoms with Crippen LogP contribution in [0.4, 0.5) is 0 Å². The fourth-order valence-corrected chi connectivity index (χ4v) is 5.19. The molecule has 0 amide bonds. The molecule has 2 fully saturated rings. The quantitative estimate of drug-likeness (QED) is 0.798. The van der Waals surface area contributed by atoms with E-state index in [-0.39, 0.29) is 5.92 Å². The molecule has 148 valence electrons. The molecule has 0 unspecified atom stereocenters. The van der Waals surface area contributed by atoms with E-state index >= 15 is 0 Å². The minimum absolute atomic E-state index is 0.315. The van der Waals surface area contributed by atoms with Gasteiger partial charge in [0.15, 0.2) is 0 Å². The second-order valence-corrected chi connectivity index (χ2v) is 8.58. The van der Waals surface area contributed by atoms with E-state index in [1.54, 1.807) is 0 Å². The van der Waals surface area contributed by atoms with Crippen LogP contribution in [-0.2, 0) is 16.6 Å². The molecule has 5 heteroatoms. The van der Waals surface area contributed by atoms with Gasteiger partial charge in [-0.2, -0.15) is 10.4 Å². The Morgan fingerprint density at radius 1 is 1.25 bits per heavy atom. The molecular weight excluding hydrogens is 350 g/mol. The van der Waals surface area contributed by atoms with Crippen LogP contribution >= 0.6 is 0 Å². The lowest BCUT2D eigenvalue weighted by Crippen LogP contribution is -2.32. The normalized spacial score (nSPS) is 26.2. The summed E-state index contributed by atoms with van der Waals surface area (Å²) < 4.78 is 2.23. The number of carboxylic acids is 1. The third kappa shape index (κ3) is 3.19. The Bertz CT molecular complexity index is 910. The number of aromatic nitrogens is 2. The highest BCUT2D eigenvalue weighted by Gasteiger charge is 2.39. The van der Waals surface area contributed by atoms with Gasteiger partial charge in [0, 0.05) is 5.39 Å². The first-order valence-electron chi connectivity index (χ1n) is 10.7. The average Bonchev–Trinajstić information content (AvgIpc) is 3.12. The van der Waals surface area contributed by atoms with Gasteiger partial charge in [0.2, 0.25) is 0 Å². The molecular formula is C23H29N3O2. The number of carboxylic acid groups (broad SMARTS) is 1. The summed E-state index contributed by atoms with van der Waals surface area (Å²) in [4.78, 5) is 11.3. The molecule has 28 heavy (non-hydrogen) atoms. The van der Waals surface area contributed by atoms with Crippen molar-refractivity contribution in [2.24, 2.45) is 5.92 Å². The van der Waals surface area contributed by atoms with Gasteiger partial charge < -0.3 is 5.11 Å². The molecule has 1 aromatic carbocycles. The molecule has 0 radical (unpaired) electrons. The van der Waals surface area contributed by atoms with Crippen LogP contribution in [0, 0.1) is 17.2 Å². The lowest BCUT2D eigenvalue weighted by molar-refractivity contribution is -0.143. The molecule has 2 aromatic rings. The number of hydrogen-bond donors (Lipinski definition) is 1. The van der Waals surface area contributed by atoms with Gasteiger partial charge in [-0.15, -0.1) is 0 Å². The van der Waals surface area contributed by atoms with Crippen molar-refractivity contribution in [1.82, 2.24) is 9.78 Å². The van der Waals surface area contributed by atoms with E-state index < -0.39 is 11.4 Å². The van der Waals surface area contributed by atoms with Crippen molar-refractivity contribution in [1.29, 1.82) is 5.26 Å². The van der Waals surface area contributed by atoms with Crippen molar-refractivity contribution in [3.63, 3.8) is 0 Å². The Kier molecular flexibility index (Phi) is 5.14. The van der Waals surface area contributed by atoms with Crippen LogP contribution in [0.25, 0.3) is 10.9 Å². The highest BCUT2D eigenvalue weighted by atomic mass is 16.4. The van der Waals surface area contributed by atoms with Gasteiger partial charge in [0.1, 0.15) is 0 Å². The number of hydrogen-bond acceptors (Lipinski definition) is 3. The van der Waals surface area contributed by atoms with Crippen LogP contribution < -0.4 is 0 Å². The number of benzene rings is 1. The van der Waals surface area contributed by atoms with Gasteiger partial charge in [-0.1, -0.05) is 38.3 Å². The third-order valence-corrected chi connectivity index (χ3v) is 6.99. The monoisotopic (exact) mass is 379 g/mol. The molecule has 0 spiro atoms. The van der Waals surface area contributed by atoms with Crippen molar-refractivity contribution in [3.05, 3.63) is 29.5 Å². The number of carbonyl (C=O) groups is 1. The van der Waals surface area contributed by atoms with E-state index in [0.29, 0.717) is 31.7 Å². The molecule has 0 saturated heterocycles. The van der Waals surface area contributed by atoms with Gasteiger partial charge in [-0.05, 0) is 56.6 Å². The predicted octanol–water partition coefficient (Wildman–Crippen LogP) is 5.14. The molecule has 2 saturated carbocycles. The number of fused-ring (bicyclic) bond motifs is 1. The summed E-state index contributed by atoms with van der Waals surface area (Å²) in [5.74, 6) is -1.05. The summed E-state index contributed by atoms with van der Waals surface area (Å²) in [7, 11) is 0. The van der Waals surface area contributed by atoms with Crippen LogP contribution in [0.15, 0.2) is 18.2 Å². The minimum atomic E-state index is -0.732. The van der Waals surface area contributed by atoms with E-state index in [1.165, 1.54) is 37.5 Å². The van der Waals surface area contributed by atoms with E-state index in [0.717, 1.165) is 23.2 Å². The maximum absolute atomic E-state index is 11.3. The zero-order valence-corrected chi connectivity index (χ0v) is 16.7. The molecule has 1 heterocycles. The first kappa shape index (κ1) is 19.0. The Morgan fingerprint density at radius 3 is 2.57 bits per heavy atom. The van der Waals surface area contributed by atoms with Crippen LogP contribution in [0.1, 0.15) is 82.0 Å². The van der Waals surface area contributed by atoms with Crippen molar-refractivity contribution < 1.29 is 9.90 Å². The maximum Gasteiger partial charge on any atom is 0.306 e. The number of nitriles is 1. The topological polar surface area (TPSA) is 78.9 Å². The molecule has 5 nitrogen and oxygen atoms in total. The van der Waals surface area contributed by atoms with Crippen LogP contribution in [0.5, 0.6) is 0 Å². The molecule has 1 aromatic heterocycles. The lowest BCUT2D eigenvalue weighted by Gasteiger charge is -2.34. The first-order valence-corrected chi connectivity index (χ1v) is 10.7. The van der Waals surface area contributed by atoms with E-state index in [9.17, 15) is 15.2 Å². The third-order valence-electron chi connectivity index (χ3n) is 6.99.